The quantitative estimate of drug-likeness (QED) is 0.190. The molecule has 0 unspecified atom stereocenters. The molecule has 0 aliphatic heterocycles. The molecule has 2 rings (SSSR count). The van der Waals surface area contributed by atoms with E-state index in [-0.39, 0.29) is 38.8 Å². The van der Waals surface area contributed by atoms with E-state index >= 15 is 0 Å². The summed E-state index contributed by atoms with van der Waals surface area (Å²) in [7, 11) is 0. The minimum absolute atomic E-state index is 0.0724. The largest absolute Gasteiger partial charge is 0.395 e. The number of aliphatic hydroxyl groups excluding tert-OH is 4. The first kappa shape index (κ1) is 23.3. The predicted octanol–water partition coefficient (Wildman–Crippen LogP) is -0.431. The Morgan fingerprint density at radius 3 is 1.72 bits per heavy atom. The van der Waals surface area contributed by atoms with Crippen LogP contribution in [-0.4, -0.2) is 96.9 Å². The number of nitrogens with zero attached hydrogens (tertiary/aromatic N) is 5. The highest BCUT2D eigenvalue weighted by Crippen LogP contribution is 2.24. The van der Waals surface area contributed by atoms with Crippen LogP contribution < -0.4 is 0 Å². The zero-order chi connectivity index (χ0) is 21.4. The number of imidazole rings is 1. The first-order valence-electron chi connectivity index (χ1n) is 9.22. The third-order valence-corrected chi connectivity index (χ3v) is 5.00. The van der Waals surface area contributed by atoms with Gasteiger partial charge >= 0.3 is 0 Å². The van der Waals surface area contributed by atoms with Crippen molar-refractivity contribution < 1.29 is 25.3 Å². The summed E-state index contributed by atoms with van der Waals surface area (Å²) >= 11 is 5.63. The maximum absolute atomic E-state index is 11.2. The van der Waals surface area contributed by atoms with Crippen LogP contribution in [0, 0.1) is 14.9 Å². The summed E-state index contributed by atoms with van der Waals surface area (Å²) in [6.07, 6.45) is 0. The summed E-state index contributed by atoms with van der Waals surface area (Å²) in [6, 6.07) is 4.47. The summed E-state index contributed by atoms with van der Waals surface area (Å²) in [4.78, 5) is 14.4. The van der Waals surface area contributed by atoms with Crippen molar-refractivity contribution in [2.75, 3.05) is 52.6 Å². The molecule has 0 spiro atoms. The standard InChI is InChI=1S/C17H27N5O6S/c23-7-3-18(4-8-24)12-20-15-2-1-14(22(27)28)11-16(15)21(17(20)29)13-19(5-9-25)6-10-26/h1-2,11,23-26H,3-10,12-13H2. The van der Waals surface area contributed by atoms with E-state index in [0.29, 0.717) is 48.7 Å². The maximum atomic E-state index is 11.2. The molecular formula is C17H27N5O6S. The van der Waals surface area contributed by atoms with E-state index in [1.807, 2.05) is 4.90 Å². The topological polar surface area (TPSA) is 140 Å². The maximum Gasteiger partial charge on any atom is 0.271 e. The molecule has 1 aromatic carbocycles. The molecule has 0 atom stereocenters. The highest BCUT2D eigenvalue weighted by Gasteiger charge is 2.18. The van der Waals surface area contributed by atoms with Gasteiger partial charge in [-0.05, 0) is 18.3 Å². The van der Waals surface area contributed by atoms with Gasteiger partial charge in [-0.3, -0.25) is 19.9 Å². The van der Waals surface area contributed by atoms with Gasteiger partial charge in [-0.2, -0.15) is 0 Å². The number of fused-ring (bicyclic) bond motifs is 1. The van der Waals surface area contributed by atoms with Crippen molar-refractivity contribution in [3.63, 3.8) is 0 Å². The van der Waals surface area contributed by atoms with Gasteiger partial charge in [-0.1, -0.05) is 0 Å². The van der Waals surface area contributed by atoms with Gasteiger partial charge in [0.05, 0.1) is 55.7 Å². The van der Waals surface area contributed by atoms with Crippen LogP contribution in [0.3, 0.4) is 0 Å². The number of nitro benzene ring substituents is 1. The summed E-state index contributed by atoms with van der Waals surface area (Å²) in [5, 5.41) is 48.3. The number of aliphatic hydroxyl groups is 4. The van der Waals surface area contributed by atoms with Crippen LogP contribution >= 0.6 is 12.2 Å². The Kier molecular flexibility index (Phi) is 9.10. The molecule has 0 amide bonds. The molecule has 0 aliphatic carbocycles. The van der Waals surface area contributed by atoms with Gasteiger partial charge in [-0.25, -0.2) is 0 Å². The van der Waals surface area contributed by atoms with E-state index < -0.39 is 4.92 Å². The smallest absolute Gasteiger partial charge is 0.271 e. The molecule has 4 N–H and O–H groups in total. The molecule has 0 saturated heterocycles. The van der Waals surface area contributed by atoms with Crippen molar-refractivity contribution in [3.8, 4) is 0 Å². The molecule has 29 heavy (non-hydrogen) atoms. The molecule has 1 aromatic heterocycles. The number of hydrogen-bond acceptors (Lipinski definition) is 9. The molecule has 1 heterocycles. The summed E-state index contributed by atoms with van der Waals surface area (Å²) in [5.41, 5.74) is 1.16. The van der Waals surface area contributed by atoms with Crippen LogP contribution in [-0.2, 0) is 13.3 Å². The highest BCUT2D eigenvalue weighted by atomic mass is 32.1. The summed E-state index contributed by atoms with van der Waals surface area (Å²) in [5.74, 6) is 0. The lowest BCUT2D eigenvalue weighted by Gasteiger charge is -2.22. The first-order chi connectivity index (χ1) is 14.0. The van der Waals surface area contributed by atoms with E-state index in [4.69, 9.17) is 12.2 Å². The summed E-state index contributed by atoms with van der Waals surface area (Å²) < 4.78 is 3.91. The molecule has 0 radical (unpaired) electrons. The van der Waals surface area contributed by atoms with Crippen molar-refractivity contribution in [1.82, 2.24) is 18.9 Å². The number of hydrogen-bond donors (Lipinski definition) is 4. The van der Waals surface area contributed by atoms with Gasteiger partial charge in [0.1, 0.15) is 0 Å². The lowest BCUT2D eigenvalue weighted by molar-refractivity contribution is -0.384. The van der Waals surface area contributed by atoms with Crippen molar-refractivity contribution in [2.24, 2.45) is 0 Å². The third kappa shape index (κ3) is 5.79. The molecule has 0 aliphatic rings. The van der Waals surface area contributed by atoms with Crippen molar-refractivity contribution in [3.05, 3.63) is 33.1 Å². The van der Waals surface area contributed by atoms with Gasteiger partial charge in [-0.15, -0.1) is 0 Å². The van der Waals surface area contributed by atoms with Crippen molar-refractivity contribution >= 4 is 28.9 Å². The van der Waals surface area contributed by atoms with Crippen LogP contribution in [0.5, 0.6) is 0 Å². The second-order valence-corrected chi connectivity index (χ2v) is 6.85. The third-order valence-electron chi connectivity index (χ3n) is 4.56. The Labute approximate surface area is 172 Å². The van der Waals surface area contributed by atoms with Gasteiger partial charge in [0.2, 0.25) is 0 Å². The number of rotatable bonds is 13. The first-order valence-corrected chi connectivity index (χ1v) is 9.63. The van der Waals surface area contributed by atoms with E-state index in [1.54, 1.807) is 20.1 Å². The van der Waals surface area contributed by atoms with Gasteiger partial charge < -0.3 is 29.6 Å². The van der Waals surface area contributed by atoms with Crippen LogP contribution in [0.2, 0.25) is 0 Å². The average Bonchev–Trinajstić information content (AvgIpc) is 2.94. The molecule has 2 aromatic rings. The minimum atomic E-state index is -0.479. The van der Waals surface area contributed by atoms with Gasteiger partial charge in [0.25, 0.3) is 5.69 Å². The highest BCUT2D eigenvalue weighted by molar-refractivity contribution is 7.71. The normalized spacial score (nSPS) is 11.8. The molecule has 0 saturated carbocycles. The van der Waals surface area contributed by atoms with E-state index in [2.05, 4.69) is 0 Å². The predicted molar refractivity (Wildman–Crippen MR) is 109 cm³/mol. The molecular weight excluding hydrogens is 402 g/mol. The molecule has 0 bridgehead atoms. The average molecular weight is 429 g/mol. The summed E-state index contributed by atoms with van der Waals surface area (Å²) in [6.45, 7) is 1.45. The van der Waals surface area contributed by atoms with Crippen molar-refractivity contribution in [1.29, 1.82) is 0 Å². The zero-order valence-corrected chi connectivity index (χ0v) is 16.9. The number of non-ortho nitro benzene ring substituents is 1. The van der Waals surface area contributed by atoms with Gasteiger partial charge in [0, 0.05) is 38.3 Å². The molecule has 12 heteroatoms. The minimum Gasteiger partial charge on any atom is -0.395 e. The van der Waals surface area contributed by atoms with Crippen LogP contribution in [0.4, 0.5) is 5.69 Å². The van der Waals surface area contributed by atoms with E-state index in [9.17, 15) is 30.5 Å². The monoisotopic (exact) mass is 429 g/mol. The van der Waals surface area contributed by atoms with E-state index in [0.717, 1.165) is 0 Å². The van der Waals surface area contributed by atoms with Crippen LogP contribution in [0.25, 0.3) is 11.0 Å². The lowest BCUT2D eigenvalue weighted by Crippen LogP contribution is -2.33. The Hall–Kier alpha value is -1.93. The molecule has 162 valence electrons. The van der Waals surface area contributed by atoms with E-state index in [1.165, 1.54) is 12.1 Å². The molecule has 11 nitrogen and oxygen atoms in total. The fourth-order valence-corrected chi connectivity index (χ4v) is 3.48. The fraction of sp³-hybridized carbons (Fsp3) is 0.588. The number of benzene rings is 1. The SMILES string of the molecule is O=[N+]([O-])c1ccc2c(c1)n(CN(CCO)CCO)c(=S)n2CN(CCO)CCO. The second-order valence-electron chi connectivity index (χ2n) is 6.48. The second kappa shape index (κ2) is 11.3. The Morgan fingerprint density at radius 2 is 1.31 bits per heavy atom. The zero-order valence-electron chi connectivity index (χ0n) is 16.1. The Balaban J connectivity index is 2.55. The number of aromatic nitrogens is 2. The van der Waals surface area contributed by atoms with Crippen LogP contribution in [0.15, 0.2) is 18.2 Å². The van der Waals surface area contributed by atoms with Crippen molar-refractivity contribution in [2.45, 2.75) is 13.3 Å². The Morgan fingerprint density at radius 1 is 0.862 bits per heavy atom. The molecule has 0 fully saturated rings. The lowest BCUT2D eigenvalue weighted by atomic mass is 10.2. The fourth-order valence-electron chi connectivity index (χ4n) is 3.17. The van der Waals surface area contributed by atoms with Gasteiger partial charge in [0.15, 0.2) is 4.77 Å². The Bertz CT molecular complexity index is 858. The van der Waals surface area contributed by atoms with Crippen LogP contribution in [0.1, 0.15) is 0 Å². The number of nitro groups is 1.